The van der Waals surface area contributed by atoms with Gasteiger partial charge in [0.1, 0.15) is 10.6 Å². The minimum Gasteiger partial charge on any atom is -0.469 e. The molecule has 0 aliphatic carbocycles. The van der Waals surface area contributed by atoms with Gasteiger partial charge in [0.05, 0.1) is 41.4 Å². The number of carbonyl (C=O) groups is 2. The van der Waals surface area contributed by atoms with Crippen LogP contribution in [0, 0.1) is 0 Å². The normalized spacial score (nSPS) is 13.1. The molecule has 1 N–H and O–H groups in total. The zero-order valence-electron chi connectivity index (χ0n) is 23.9. The fourth-order valence-corrected chi connectivity index (χ4v) is 7.69. The molecular formula is C25H30N6O9S3. The van der Waals surface area contributed by atoms with Crippen molar-refractivity contribution in [3.8, 4) is 11.1 Å². The number of sulfonamides is 1. The van der Waals surface area contributed by atoms with E-state index in [0.717, 1.165) is 29.6 Å². The Balaban J connectivity index is 1.62. The Morgan fingerprint density at radius 3 is 2.51 bits per heavy atom. The number of thiazole rings is 1. The van der Waals surface area contributed by atoms with E-state index < -0.39 is 60.7 Å². The molecule has 0 spiro atoms. The number of carbonyl (C=O) groups excluding carboxylic acids is 2. The lowest BCUT2D eigenvalue weighted by molar-refractivity contribution is -0.140. The monoisotopic (exact) mass is 654 g/mol. The Morgan fingerprint density at radius 2 is 1.86 bits per heavy atom. The standard InChI is InChI=1S/C25H30N6O9S3/c1-25(2,3)40-24(33)30-43(36,37)11-8-19-28-29-22(39-19)21(42(34,35)10-9-20(32)38-5)23-27-17-7-6-15(12-18(17)41-23)16-13-26-31(4)14-16/h6-7,12-14,21H,8-11H2,1-5H3,(H,30,33). The van der Waals surface area contributed by atoms with Gasteiger partial charge in [0, 0.05) is 25.2 Å². The van der Waals surface area contributed by atoms with Gasteiger partial charge >= 0.3 is 12.1 Å². The van der Waals surface area contributed by atoms with Crippen molar-refractivity contribution >= 4 is 53.5 Å². The molecule has 0 saturated carbocycles. The van der Waals surface area contributed by atoms with E-state index in [0.29, 0.717) is 10.2 Å². The van der Waals surface area contributed by atoms with Gasteiger partial charge in [-0.2, -0.15) is 5.10 Å². The van der Waals surface area contributed by atoms with Crippen LogP contribution < -0.4 is 4.72 Å². The lowest BCUT2D eigenvalue weighted by Crippen LogP contribution is -2.37. The van der Waals surface area contributed by atoms with Crippen molar-refractivity contribution in [3.05, 3.63) is 47.4 Å². The summed E-state index contributed by atoms with van der Waals surface area (Å²) in [6.07, 6.45) is 1.66. The van der Waals surface area contributed by atoms with Crippen molar-refractivity contribution in [3.63, 3.8) is 0 Å². The first-order chi connectivity index (χ1) is 20.0. The van der Waals surface area contributed by atoms with Crippen molar-refractivity contribution < 1.29 is 40.3 Å². The van der Waals surface area contributed by atoms with E-state index in [1.54, 1.807) is 49.5 Å². The Hall–Kier alpha value is -3.90. The molecule has 232 valence electrons. The summed E-state index contributed by atoms with van der Waals surface area (Å²) in [4.78, 5) is 28.1. The molecule has 4 rings (SSSR count). The van der Waals surface area contributed by atoms with Gasteiger partial charge in [0.15, 0.2) is 15.1 Å². The summed E-state index contributed by atoms with van der Waals surface area (Å²) in [7, 11) is -5.36. The first kappa shape index (κ1) is 32.0. The van der Waals surface area contributed by atoms with Gasteiger partial charge in [-0.1, -0.05) is 6.07 Å². The highest BCUT2D eigenvalue weighted by Crippen LogP contribution is 2.37. The molecule has 0 aliphatic rings. The topological polar surface area (TPSA) is 203 Å². The number of esters is 1. The first-order valence-corrected chi connectivity index (χ1v) is 17.0. The lowest BCUT2D eigenvalue weighted by Gasteiger charge is -2.19. The molecule has 0 radical (unpaired) electrons. The Bertz CT molecular complexity index is 1850. The molecule has 1 amide bonds. The second kappa shape index (κ2) is 12.4. The lowest BCUT2D eigenvalue weighted by atomic mass is 10.1. The molecule has 18 heteroatoms. The van der Waals surface area contributed by atoms with Gasteiger partial charge in [-0.05, 0) is 38.5 Å². The summed E-state index contributed by atoms with van der Waals surface area (Å²) >= 11 is 1.10. The van der Waals surface area contributed by atoms with E-state index in [1.165, 1.54) is 0 Å². The van der Waals surface area contributed by atoms with Crippen molar-refractivity contribution in [2.24, 2.45) is 7.05 Å². The Labute approximate surface area is 251 Å². The second-order valence-corrected chi connectivity index (χ2v) is 15.5. The molecule has 0 saturated heterocycles. The number of rotatable bonds is 11. The molecule has 0 aliphatic heterocycles. The number of ether oxygens (including phenoxy) is 2. The van der Waals surface area contributed by atoms with Crippen LogP contribution in [0.2, 0.25) is 0 Å². The molecule has 0 bridgehead atoms. The molecule has 43 heavy (non-hydrogen) atoms. The number of benzene rings is 1. The third-order valence-corrected chi connectivity index (χ3v) is 10.1. The van der Waals surface area contributed by atoms with Crippen molar-refractivity contribution in [2.45, 2.75) is 44.5 Å². The highest BCUT2D eigenvalue weighted by atomic mass is 32.2. The quantitative estimate of drug-likeness (QED) is 0.231. The number of sulfone groups is 1. The number of aryl methyl sites for hydroxylation is 2. The fourth-order valence-electron chi connectivity index (χ4n) is 3.83. The number of amides is 1. The van der Waals surface area contributed by atoms with Crippen molar-refractivity contribution in [1.29, 1.82) is 0 Å². The van der Waals surface area contributed by atoms with E-state index in [4.69, 9.17) is 9.15 Å². The number of methoxy groups -OCH3 is 1. The van der Waals surface area contributed by atoms with E-state index in [2.05, 4.69) is 25.0 Å². The largest absolute Gasteiger partial charge is 0.469 e. The van der Waals surface area contributed by atoms with Crippen molar-refractivity contribution in [2.75, 3.05) is 18.6 Å². The van der Waals surface area contributed by atoms with Gasteiger partial charge in [-0.15, -0.1) is 21.5 Å². The van der Waals surface area contributed by atoms with Gasteiger partial charge in [0.25, 0.3) is 0 Å². The summed E-state index contributed by atoms with van der Waals surface area (Å²) in [6, 6.07) is 5.44. The van der Waals surface area contributed by atoms with Crippen LogP contribution in [0.3, 0.4) is 0 Å². The third kappa shape index (κ3) is 8.35. The number of hydrogen-bond acceptors (Lipinski definition) is 14. The molecule has 4 aromatic rings. The van der Waals surface area contributed by atoms with Crippen molar-refractivity contribution in [1.82, 2.24) is 29.7 Å². The zero-order valence-corrected chi connectivity index (χ0v) is 26.4. The maximum absolute atomic E-state index is 13.5. The van der Waals surface area contributed by atoms with Crippen LogP contribution >= 0.6 is 11.3 Å². The maximum atomic E-state index is 13.5. The fraction of sp³-hybridized carbons (Fsp3) is 0.440. The highest BCUT2D eigenvalue weighted by molar-refractivity contribution is 7.92. The molecule has 1 aromatic carbocycles. The van der Waals surface area contributed by atoms with Crippen LogP contribution in [-0.4, -0.2) is 78.1 Å². The smallest absolute Gasteiger partial charge is 0.421 e. The summed E-state index contributed by atoms with van der Waals surface area (Å²) in [5, 5.41) is 10.5. The minimum atomic E-state index is -4.16. The van der Waals surface area contributed by atoms with Crippen LogP contribution in [0.1, 0.15) is 49.2 Å². The van der Waals surface area contributed by atoms with E-state index in [1.807, 2.05) is 18.3 Å². The SMILES string of the molecule is COC(=O)CCS(=O)(=O)C(c1nnc(CCS(=O)(=O)NC(=O)OC(C)(C)C)o1)c1nc2ccc(-c3cnn(C)c3)cc2s1. The summed E-state index contributed by atoms with van der Waals surface area (Å²) in [5.41, 5.74) is 1.33. The molecule has 0 fully saturated rings. The van der Waals surface area contributed by atoms with Gasteiger partial charge in [0.2, 0.25) is 21.8 Å². The zero-order chi connectivity index (χ0) is 31.6. The number of aromatic nitrogens is 5. The predicted molar refractivity (Wildman–Crippen MR) is 155 cm³/mol. The maximum Gasteiger partial charge on any atom is 0.421 e. The predicted octanol–water partition coefficient (Wildman–Crippen LogP) is 2.54. The second-order valence-electron chi connectivity index (χ2n) is 10.4. The number of fused-ring (bicyclic) bond motifs is 1. The van der Waals surface area contributed by atoms with E-state index in [9.17, 15) is 26.4 Å². The number of nitrogens with zero attached hydrogens (tertiary/aromatic N) is 5. The summed E-state index contributed by atoms with van der Waals surface area (Å²) < 4.78 is 71.2. The van der Waals surface area contributed by atoms with Crippen LogP contribution in [0.25, 0.3) is 21.3 Å². The number of hydrogen-bond donors (Lipinski definition) is 1. The van der Waals surface area contributed by atoms with Gasteiger partial charge in [-0.3, -0.25) is 9.48 Å². The first-order valence-electron chi connectivity index (χ1n) is 12.8. The molecule has 3 heterocycles. The molecule has 3 aromatic heterocycles. The van der Waals surface area contributed by atoms with Gasteiger partial charge in [-0.25, -0.2) is 31.3 Å². The van der Waals surface area contributed by atoms with Gasteiger partial charge < -0.3 is 13.9 Å². The Kier molecular flexibility index (Phi) is 9.22. The van der Waals surface area contributed by atoms with Crippen LogP contribution in [0.5, 0.6) is 0 Å². The number of nitrogens with one attached hydrogen (secondary N) is 1. The molecular weight excluding hydrogens is 625 g/mol. The van der Waals surface area contributed by atoms with Crippen LogP contribution in [-0.2, 0) is 47.6 Å². The van der Waals surface area contributed by atoms with Crippen LogP contribution in [0.15, 0.2) is 35.0 Å². The van der Waals surface area contributed by atoms with E-state index >= 15 is 0 Å². The molecule has 1 atom stereocenters. The minimum absolute atomic E-state index is 0.123. The Morgan fingerprint density at radius 1 is 1.12 bits per heavy atom. The third-order valence-electron chi connectivity index (χ3n) is 5.77. The average Bonchev–Trinajstić information content (AvgIpc) is 3.64. The summed E-state index contributed by atoms with van der Waals surface area (Å²) in [5.74, 6) is -2.46. The molecule has 15 nitrogen and oxygen atoms in total. The highest BCUT2D eigenvalue weighted by Gasteiger charge is 2.37. The van der Waals surface area contributed by atoms with E-state index in [-0.39, 0.29) is 23.2 Å². The molecule has 1 unspecified atom stereocenters. The average molecular weight is 655 g/mol. The van der Waals surface area contributed by atoms with Crippen LogP contribution in [0.4, 0.5) is 4.79 Å². The summed E-state index contributed by atoms with van der Waals surface area (Å²) in [6.45, 7) is 4.75.